The van der Waals surface area contributed by atoms with Gasteiger partial charge in [-0.2, -0.15) is 5.10 Å². The first-order valence-corrected chi connectivity index (χ1v) is 8.44. The Kier molecular flexibility index (Phi) is 5.95. The van der Waals surface area contributed by atoms with E-state index in [2.05, 4.69) is 34.6 Å². The maximum atomic E-state index is 12.5. The number of nitrogens with one attached hydrogen (secondary N) is 2. The van der Waals surface area contributed by atoms with E-state index in [1.165, 1.54) is 0 Å². The fraction of sp³-hybridized carbons (Fsp3) is 0.500. The summed E-state index contributed by atoms with van der Waals surface area (Å²) in [4.78, 5) is 16.5. The van der Waals surface area contributed by atoms with E-state index in [1.807, 2.05) is 37.7 Å². The Morgan fingerprint density at radius 3 is 2.21 bits per heavy atom. The topological polar surface area (TPSA) is 71.8 Å². The SMILES string of the molecule is CC[C@H](NC(=O)N[C@H](CC)c1ccncc1)c1c(C)nn(C)c1C. The van der Waals surface area contributed by atoms with Gasteiger partial charge in [0, 0.05) is 30.7 Å². The lowest BCUT2D eigenvalue weighted by molar-refractivity contribution is 0.232. The van der Waals surface area contributed by atoms with E-state index < -0.39 is 0 Å². The number of aromatic nitrogens is 3. The van der Waals surface area contributed by atoms with Gasteiger partial charge in [-0.15, -0.1) is 0 Å². The first-order valence-electron chi connectivity index (χ1n) is 8.44. The molecule has 2 heterocycles. The minimum Gasteiger partial charge on any atom is -0.331 e. The van der Waals surface area contributed by atoms with Gasteiger partial charge in [0.25, 0.3) is 0 Å². The van der Waals surface area contributed by atoms with Crippen molar-refractivity contribution in [1.29, 1.82) is 0 Å². The molecular weight excluding hydrogens is 302 g/mol. The molecule has 0 fully saturated rings. The minimum absolute atomic E-state index is 0.0263. The van der Waals surface area contributed by atoms with Gasteiger partial charge in [-0.25, -0.2) is 4.79 Å². The van der Waals surface area contributed by atoms with Crippen LogP contribution in [0.4, 0.5) is 4.79 Å². The molecular formula is C18H27N5O. The number of aryl methyl sites for hydroxylation is 2. The molecule has 0 saturated heterocycles. The molecule has 2 rings (SSSR count). The van der Waals surface area contributed by atoms with Crippen LogP contribution in [0.15, 0.2) is 24.5 Å². The van der Waals surface area contributed by atoms with E-state index in [9.17, 15) is 4.79 Å². The highest BCUT2D eigenvalue weighted by molar-refractivity contribution is 5.75. The lowest BCUT2D eigenvalue weighted by Crippen LogP contribution is -2.40. The third kappa shape index (κ3) is 3.93. The van der Waals surface area contributed by atoms with Crippen LogP contribution < -0.4 is 10.6 Å². The highest BCUT2D eigenvalue weighted by Crippen LogP contribution is 2.24. The van der Waals surface area contributed by atoms with Crippen molar-refractivity contribution in [2.75, 3.05) is 0 Å². The molecule has 24 heavy (non-hydrogen) atoms. The van der Waals surface area contributed by atoms with Gasteiger partial charge in [0.2, 0.25) is 0 Å². The molecule has 0 radical (unpaired) electrons. The molecule has 2 amide bonds. The molecule has 130 valence electrons. The van der Waals surface area contributed by atoms with Crippen molar-refractivity contribution >= 4 is 6.03 Å². The summed E-state index contributed by atoms with van der Waals surface area (Å²) in [6.45, 7) is 8.13. The van der Waals surface area contributed by atoms with Crippen LogP contribution in [-0.4, -0.2) is 20.8 Å². The average Bonchev–Trinajstić information content (AvgIpc) is 2.84. The minimum atomic E-state index is -0.159. The summed E-state index contributed by atoms with van der Waals surface area (Å²) in [5.41, 5.74) is 4.21. The largest absolute Gasteiger partial charge is 0.331 e. The quantitative estimate of drug-likeness (QED) is 0.854. The Balaban J connectivity index is 2.09. The van der Waals surface area contributed by atoms with Gasteiger partial charge < -0.3 is 10.6 Å². The van der Waals surface area contributed by atoms with Crippen molar-refractivity contribution in [2.45, 2.75) is 52.6 Å². The van der Waals surface area contributed by atoms with Crippen LogP contribution >= 0.6 is 0 Å². The molecule has 2 aromatic heterocycles. The van der Waals surface area contributed by atoms with Gasteiger partial charge in [0.05, 0.1) is 17.8 Å². The van der Waals surface area contributed by atoms with Crippen LogP contribution in [0.25, 0.3) is 0 Å². The molecule has 6 nitrogen and oxygen atoms in total. The molecule has 0 aliphatic rings. The molecule has 6 heteroatoms. The molecule has 2 aromatic rings. The lowest BCUT2D eigenvalue weighted by atomic mass is 10.0. The maximum absolute atomic E-state index is 12.5. The average molecular weight is 329 g/mol. The molecule has 0 saturated carbocycles. The maximum Gasteiger partial charge on any atom is 0.315 e. The number of amides is 2. The summed E-state index contributed by atoms with van der Waals surface area (Å²) in [5, 5.41) is 10.6. The lowest BCUT2D eigenvalue weighted by Gasteiger charge is -2.22. The Morgan fingerprint density at radius 1 is 1.12 bits per heavy atom. The molecule has 0 bridgehead atoms. The molecule has 0 unspecified atom stereocenters. The zero-order valence-electron chi connectivity index (χ0n) is 15.1. The first-order chi connectivity index (χ1) is 11.5. The number of nitrogens with zero attached hydrogens (tertiary/aromatic N) is 3. The highest BCUT2D eigenvalue weighted by atomic mass is 16.2. The van der Waals surface area contributed by atoms with E-state index >= 15 is 0 Å². The number of carbonyl (C=O) groups excluding carboxylic acids is 1. The van der Waals surface area contributed by atoms with Crippen LogP contribution in [0.3, 0.4) is 0 Å². The fourth-order valence-corrected chi connectivity index (χ4v) is 3.05. The molecule has 0 aliphatic carbocycles. The number of carbonyl (C=O) groups is 1. The Bertz CT molecular complexity index is 680. The zero-order valence-corrected chi connectivity index (χ0v) is 15.1. The van der Waals surface area contributed by atoms with Crippen molar-refractivity contribution in [3.8, 4) is 0 Å². The van der Waals surface area contributed by atoms with Gasteiger partial charge in [0.1, 0.15) is 0 Å². The van der Waals surface area contributed by atoms with Crippen LogP contribution in [0.2, 0.25) is 0 Å². The van der Waals surface area contributed by atoms with Crippen molar-refractivity contribution < 1.29 is 4.79 Å². The first kappa shape index (κ1) is 18.0. The van der Waals surface area contributed by atoms with Gasteiger partial charge in [-0.1, -0.05) is 13.8 Å². The normalized spacial score (nSPS) is 13.4. The smallest absolute Gasteiger partial charge is 0.315 e. The van der Waals surface area contributed by atoms with Crippen LogP contribution in [0.1, 0.15) is 61.3 Å². The third-order valence-electron chi connectivity index (χ3n) is 4.45. The number of pyridine rings is 1. The number of rotatable bonds is 6. The summed E-state index contributed by atoms with van der Waals surface area (Å²) in [6, 6.07) is 3.63. The van der Waals surface area contributed by atoms with E-state index in [-0.39, 0.29) is 18.1 Å². The zero-order chi connectivity index (χ0) is 17.7. The van der Waals surface area contributed by atoms with Crippen molar-refractivity contribution in [2.24, 2.45) is 7.05 Å². The fourth-order valence-electron chi connectivity index (χ4n) is 3.05. The Hall–Kier alpha value is -2.37. The van der Waals surface area contributed by atoms with Crippen LogP contribution in [0, 0.1) is 13.8 Å². The standard InChI is InChI=1S/C18H27N5O/c1-6-15(14-8-10-19-11-9-14)20-18(24)21-16(7-2)17-12(3)22-23(5)13(17)4/h8-11,15-16H,6-7H2,1-5H3,(H2,20,21,24)/t15-,16+/m1/s1. The van der Waals surface area contributed by atoms with Gasteiger partial charge in [-0.05, 0) is 44.4 Å². The summed E-state index contributed by atoms with van der Waals surface area (Å²) in [5.74, 6) is 0. The second-order valence-electron chi connectivity index (χ2n) is 6.03. The van der Waals surface area contributed by atoms with Gasteiger partial charge >= 0.3 is 6.03 Å². The number of hydrogen-bond donors (Lipinski definition) is 2. The second-order valence-corrected chi connectivity index (χ2v) is 6.03. The molecule has 2 atom stereocenters. The van der Waals surface area contributed by atoms with E-state index in [0.29, 0.717) is 0 Å². The third-order valence-corrected chi connectivity index (χ3v) is 4.45. The second kappa shape index (κ2) is 7.95. The van der Waals surface area contributed by atoms with Crippen molar-refractivity contribution in [3.05, 3.63) is 47.0 Å². The Morgan fingerprint density at radius 2 is 1.71 bits per heavy atom. The predicted molar refractivity (Wildman–Crippen MR) is 94.7 cm³/mol. The van der Waals surface area contributed by atoms with E-state index in [1.54, 1.807) is 12.4 Å². The summed E-state index contributed by atoms with van der Waals surface area (Å²) in [7, 11) is 1.93. The van der Waals surface area contributed by atoms with Crippen molar-refractivity contribution in [3.63, 3.8) is 0 Å². The summed E-state index contributed by atoms with van der Waals surface area (Å²) >= 11 is 0. The van der Waals surface area contributed by atoms with Crippen LogP contribution in [0.5, 0.6) is 0 Å². The highest BCUT2D eigenvalue weighted by Gasteiger charge is 2.21. The Labute approximate surface area is 143 Å². The van der Waals surface area contributed by atoms with Crippen LogP contribution in [-0.2, 0) is 7.05 Å². The summed E-state index contributed by atoms with van der Waals surface area (Å²) in [6.07, 6.45) is 5.12. The predicted octanol–water partition coefficient (Wildman–Crippen LogP) is 3.33. The van der Waals surface area contributed by atoms with E-state index in [0.717, 1.165) is 35.4 Å². The molecule has 2 N–H and O–H groups in total. The van der Waals surface area contributed by atoms with Gasteiger partial charge in [0.15, 0.2) is 0 Å². The number of hydrogen-bond acceptors (Lipinski definition) is 3. The van der Waals surface area contributed by atoms with Crippen molar-refractivity contribution in [1.82, 2.24) is 25.4 Å². The molecule has 0 aliphatic heterocycles. The molecule has 0 spiro atoms. The van der Waals surface area contributed by atoms with Gasteiger partial charge in [-0.3, -0.25) is 9.67 Å². The molecule has 0 aromatic carbocycles. The number of urea groups is 1. The monoisotopic (exact) mass is 329 g/mol. The summed E-state index contributed by atoms with van der Waals surface area (Å²) < 4.78 is 1.86. The van der Waals surface area contributed by atoms with E-state index in [4.69, 9.17) is 0 Å².